The molecule has 0 fully saturated rings. The summed E-state index contributed by atoms with van der Waals surface area (Å²) < 4.78 is 22.2. The Bertz CT molecular complexity index is 1130. The smallest absolute Gasteiger partial charge is 0.291 e. The monoisotopic (exact) mass is 436 g/mol. The topological polar surface area (TPSA) is 82.8 Å². The third-order valence-electron chi connectivity index (χ3n) is 5.92. The van der Waals surface area contributed by atoms with Crippen molar-refractivity contribution in [2.75, 3.05) is 19.5 Å². The number of ether oxygens (including phenoxy) is 3. The second-order valence-electron chi connectivity index (χ2n) is 8.58. The van der Waals surface area contributed by atoms with Crippen LogP contribution in [0.5, 0.6) is 23.3 Å². The van der Waals surface area contributed by atoms with Crippen molar-refractivity contribution >= 4 is 11.6 Å². The Balaban J connectivity index is 1.55. The number of hydrogen-bond acceptors (Lipinski definition) is 6. The molecule has 1 aliphatic carbocycles. The molecule has 0 spiro atoms. The van der Waals surface area contributed by atoms with E-state index >= 15 is 0 Å². The van der Waals surface area contributed by atoms with Gasteiger partial charge in [0.25, 0.3) is 11.9 Å². The van der Waals surface area contributed by atoms with Crippen LogP contribution in [0.3, 0.4) is 0 Å². The summed E-state index contributed by atoms with van der Waals surface area (Å²) in [5.74, 6) is 1.29. The molecule has 7 nitrogen and oxygen atoms in total. The molecule has 4 rings (SSSR count). The van der Waals surface area contributed by atoms with Gasteiger partial charge < -0.3 is 23.9 Å². The Hall–Kier alpha value is -3.48. The third kappa shape index (κ3) is 4.15. The van der Waals surface area contributed by atoms with Gasteiger partial charge in [0, 0.05) is 18.3 Å². The summed E-state index contributed by atoms with van der Waals surface area (Å²) in [6, 6.07) is 9.14. The van der Waals surface area contributed by atoms with Gasteiger partial charge in [0.15, 0.2) is 5.76 Å². The maximum absolute atomic E-state index is 12.8. The van der Waals surface area contributed by atoms with Gasteiger partial charge in [0.05, 0.1) is 14.2 Å². The molecule has 0 saturated carbocycles. The second-order valence-corrected chi connectivity index (χ2v) is 8.58. The number of anilines is 1. The molecule has 1 amide bonds. The molecule has 3 aromatic rings. The maximum atomic E-state index is 12.8. The molecule has 0 unspecified atom stereocenters. The number of benzene rings is 1. The van der Waals surface area contributed by atoms with Crippen molar-refractivity contribution in [2.24, 2.45) is 0 Å². The van der Waals surface area contributed by atoms with Crippen molar-refractivity contribution < 1.29 is 23.4 Å². The van der Waals surface area contributed by atoms with Crippen LogP contribution in [0.4, 0.5) is 5.69 Å². The number of amides is 1. The minimum absolute atomic E-state index is 0.101. The lowest BCUT2D eigenvalue weighted by Gasteiger charge is -2.33. The van der Waals surface area contributed by atoms with E-state index in [0.29, 0.717) is 11.4 Å². The summed E-state index contributed by atoms with van der Waals surface area (Å²) in [6.07, 6.45) is 4.97. The van der Waals surface area contributed by atoms with Gasteiger partial charge in [-0.3, -0.25) is 4.79 Å². The fraction of sp³-hybridized carbons (Fsp3) is 0.360. The van der Waals surface area contributed by atoms with Gasteiger partial charge in [0.1, 0.15) is 17.2 Å². The van der Waals surface area contributed by atoms with E-state index in [9.17, 15) is 4.79 Å². The van der Waals surface area contributed by atoms with Crippen LogP contribution in [0.2, 0.25) is 0 Å². The summed E-state index contributed by atoms with van der Waals surface area (Å²) in [5.41, 5.74) is 4.16. The van der Waals surface area contributed by atoms with Crippen molar-refractivity contribution in [1.29, 1.82) is 0 Å². The van der Waals surface area contributed by atoms with Crippen LogP contribution in [0.25, 0.3) is 0 Å². The van der Waals surface area contributed by atoms with E-state index in [4.69, 9.17) is 18.6 Å². The average Bonchev–Trinajstić information content (AvgIpc) is 3.23. The molecule has 168 valence electrons. The van der Waals surface area contributed by atoms with Crippen LogP contribution in [0, 0.1) is 6.92 Å². The zero-order chi connectivity index (χ0) is 22.9. The Labute approximate surface area is 187 Å². The van der Waals surface area contributed by atoms with Gasteiger partial charge in [-0.25, -0.2) is 4.98 Å². The number of hydrogen-bond donors (Lipinski definition) is 1. The van der Waals surface area contributed by atoms with E-state index in [2.05, 4.69) is 36.3 Å². The molecule has 0 saturated heterocycles. The molecule has 2 heterocycles. The van der Waals surface area contributed by atoms with E-state index in [0.717, 1.165) is 24.2 Å². The minimum Gasteiger partial charge on any atom is -0.494 e. The van der Waals surface area contributed by atoms with E-state index in [1.54, 1.807) is 18.2 Å². The zero-order valence-corrected chi connectivity index (χ0v) is 19.1. The standard InChI is InChI=1S/C25H28N2O5/c1-15-13-16-7-6-11-25(2,3)17(16)14-20(15)32-21-9-8-19(31-21)23(28)27-22-18(29-4)10-12-26-24(22)30-5/h8-10,12-14H,6-7,11H2,1-5H3,(H,27,28). The van der Waals surface area contributed by atoms with Crippen LogP contribution in [0.1, 0.15) is 53.9 Å². The van der Waals surface area contributed by atoms with E-state index in [1.165, 1.54) is 38.0 Å². The third-order valence-corrected chi connectivity index (χ3v) is 5.92. The molecule has 2 aromatic heterocycles. The Morgan fingerprint density at radius 3 is 2.69 bits per heavy atom. The quantitative estimate of drug-likeness (QED) is 0.537. The van der Waals surface area contributed by atoms with Gasteiger partial charge in [0.2, 0.25) is 5.88 Å². The summed E-state index contributed by atoms with van der Waals surface area (Å²) in [4.78, 5) is 16.9. The van der Waals surface area contributed by atoms with Crippen molar-refractivity contribution in [2.45, 2.75) is 45.4 Å². The highest BCUT2D eigenvalue weighted by atomic mass is 16.6. The van der Waals surface area contributed by atoms with Crippen LogP contribution in [0.15, 0.2) is 40.9 Å². The number of carbonyl (C=O) groups is 1. The number of nitrogens with one attached hydrogen (secondary N) is 1. The van der Waals surface area contributed by atoms with Gasteiger partial charge in [-0.15, -0.1) is 0 Å². The fourth-order valence-electron chi connectivity index (χ4n) is 4.20. The van der Waals surface area contributed by atoms with Gasteiger partial charge in [-0.05, 0) is 60.4 Å². The highest BCUT2D eigenvalue weighted by Crippen LogP contribution is 2.41. The van der Waals surface area contributed by atoms with Crippen LogP contribution in [-0.4, -0.2) is 25.1 Å². The molecule has 0 aliphatic heterocycles. The second kappa shape index (κ2) is 8.57. The van der Waals surface area contributed by atoms with Gasteiger partial charge in [-0.2, -0.15) is 0 Å². The lowest BCUT2D eigenvalue weighted by atomic mass is 9.72. The number of pyridine rings is 1. The fourth-order valence-corrected chi connectivity index (χ4v) is 4.20. The molecule has 0 radical (unpaired) electrons. The first-order valence-corrected chi connectivity index (χ1v) is 10.6. The number of fused-ring (bicyclic) bond motifs is 1. The predicted octanol–water partition coefficient (Wildman–Crippen LogP) is 5.66. The largest absolute Gasteiger partial charge is 0.494 e. The van der Waals surface area contributed by atoms with Crippen molar-refractivity contribution in [3.8, 4) is 23.3 Å². The Morgan fingerprint density at radius 2 is 1.94 bits per heavy atom. The summed E-state index contributed by atoms with van der Waals surface area (Å²) >= 11 is 0. The van der Waals surface area contributed by atoms with Crippen molar-refractivity contribution in [3.63, 3.8) is 0 Å². The van der Waals surface area contributed by atoms with E-state index < -0.39 is 5.91 Å². The lowest BCUT2D eigenvalue weighted by Crippen LogP contribution is -2.23. The SMILES string of the molecule is COc1ccnc(OC)c1NC(=O)c1ccc(Oc2cc3c(cc2C)CCCC3(C)C)o1. The molecule has 0 bridgehead atoms. The highest BCUT2D eigenvalue weighted by Gasteiger charge is 2.28. The number of nitrogens with zero attached hydrogens (tertiary/aromatic N) is 1. The molecule has 7 heteroatoms. The number of methoxy groups -OCH3 is 2. The van der Waals surface area contributed by atoms with Crippen LogP contribution >= 0.6 is 0 Å². The highest BCUT2D eigenvalue weighted by molar-refractivity contribution is 6.04. The minimum atomic E-state index is -0.465. The first-order chi connectivity index (χ1) is 15.3. The molecule has 0 atom stereocenters. The van der Waals surface area contributed by atoms with Gasteiger partial charge in [-0.1, -0.05) is 19.9 Å². The summed E-state index contributed by atoms with van der Waals surface area (Å²) in [7, 11) is 2.98. The first-order valence-electron chi connectivity index (χ1n) is 10.6. The predicted molar refractivity (Wildman–Crippen MR) is 121 cm³/mol. The molecular formula is C25H28N2O5. The number of carbonyl (C=O) groups excluding carboxylic acids is 1. The van der Waals surface area contributed by atoms with Crippen LogP contribution < -0.4 is 19.5 Å². The molecule has 1 N–H and O–H groups in total. The number of rotatable bonds is 6. The average molecular weight is 437 g/mol. The molecular weight excluding hydrogens is 408 g/mol. The zero-order valence-electron chi connectivity index (χ0n) is 19.1. The van der Waals surface area contributed by atoms with Crippen LogP contribution in [-0.2, 0) is 11.8 Å². The van der Waals surface area contributed by atoms with Crippen molar-refractivity contribution in [3.05, 3.63) is 59.0 Å². The summed E-state index contributed by atoms with van der Waals surface area (Å²) in [5, 5.41) is 2.74. The van der Waals surface area contributed by atoms with Gasteiger partial charge >= 0.3 is 0 Å². The molecule has 1 aliphatic rings. The first kappa shape index (κ1) is 21.7. The Morgan fingerprint density at radius 1 is 1.12 bits per heavy atom. The number of aromatic nitrogens is 1. The summed E-state index contributed by atoms with van der Waals surface area (Å²) in [6.45, 7) is 6.55. The molecule has 32 heavy (non-hydrogen) atoms. The number of aryl methyl sites for hydroxylation is 2. The van der Waals surface area contributed by atoms with E-state index in [-0.39, 0.29) is 23.0 Å². The maximum Gasteiger partial charge on any atom is 0.291 e. The van der Waals surface area contributed by atoms with E-state index in [1.807, 2.05) is 6.92 Å². The molecule has 1 aromatic carbocycles. The lowest BCUT2D eigenvalue weighted by molar-refractivity contribution is 0.0991. The van der Waals surface area contributed by atoms with Crippen molar-refractivity contribution in [1.82, 2.24) is 4.98 Å². The number of furan rings is 1. The Kier molecular flexibility index (Phi) is 5.82. The normalized spacial score (nSPS) is 14.4.